The summed E-state index contributed by atoms with van der Waals surface area (Å²) in [6.07, 6.45) is 3.66. The van der Waals surface area contributed by atoms with Gasteiger partial charge in [0.2, 0.25) is 15.8 Å². The third-order valence-corrected chi connectivity index (χ3v) is 6.13. The topological polar surface area (TPSA) is 105 Å². The summed E-state index contributed by atoms with van der Waals surface area (Å²) in [7, 11) is -3.47. The van der Waals surface area contributed by atoms with Crippen LogP contribution in [0.15, 0.2) is 33.7 Å². The highest BCUT2D eigenvalue weighted by Gasteiger charge is 2.26. The summed E-state index contributed by atoms with van der Waals surface area (Å²) in [5, 5.41) is 6.45. The summed E-state index contributed by atoms with van der Waals surface area (Å²) >= 11 is 0. The number of nitrogens with zero attached hydrogens (tertiary/aromatic N) is 3. The number of hydrogen-bond acceptors (Lipinski definition) is 6. The standard InChI is InChI=1S/C17H22N4O4S/c1-2-10-18-16(22)17-19-15(20-25-17)13-6-8-14(9-7-13)26(23,24)21-11-4-3-5-12-21/h6-9H,2-5,10-12H2,1H3,(H,18,22). The van der Waals surface area contributed by atoms with Gasteiger partial charge < -0.3 is 9.84 Å². The zero-order valence-electron chi connectivity index (χ0n) is 14.6. The minimum absolute atomic E-state index is 0.113. The Hall–Kier alpha value is -2.26. The normalized spacial score (nSPS) is 15.7. The van der Waals surface area contributed by atoms with Crippen molar-refractivity contribution in [1.29, 1.82) is 0 Å². The van der Waals surface area contributed by atoms with Crippen LogP contribution in [0.3, 0.4) is 0 Å². The van der Waals surface area contributed by atoms with E-state index in [9.17, 15) is 13.2 Å². The average molecular weight is 378 g/mol. The van der Waals surface area contributed by atoms with E-state index in [-0.39, 0.29) is 16.6 Å². The molecule has 0 atom stereocenters. The number of rotatable bonds is 6. The first-order valence-electron chi connectivity index (χ1n) is 8.75. The quantitative estimate of drug-likeness (QED) is 0.825. The van der Waals surface area contributed by atoms with Crippen molar-refractivity contribution in [2.45, 2.75) is 37.5 Å². The molecule has 1 N–H and O–H groups in total. The molecule has 1 aromatic carbocycles. The van der Waals surface area contributed by atoms with Crippen LogP contribution in [0, 0.1) is 0 Å². The summed E-state index contributed by atoms with van der Waals surface area (Å²) in [6, 6.07) is 6.31. The molecule has 0 radical (unpaired) electrons. The van der Waals surface area contributed by atoms with Crippen molar-refractivity contribution in [3.05, 3.63) is 30.2 Å². The summed E-state index contributed by atoms with van der Waals surface area (Å²) in [4.78, 5) is 16.1. The minimum atomic E-state index is -3.47. The molecule has 1 saturated heterocycles. The summed E-state index contributed by atoms with van der Waals surface area (Å²) < 4.78 is 31.8. The second kappa shape index (κ2) is 7.96. The Morgan fingerprint density at radius 1 is 1.19 bits per heavy atom. The number of benzene rings is 1. The highest BCUT2D eigenvalue weighted by molar-refractivity contribution is 7.89. The van der Waals surface area contributed by atoms with E-state index in [1.165, 1.54) is 16.4 Å². The van der Waals surface area contributed by atoms with E-state index in [1.54, 1.807) is 12.1 Å². The maximum atomic E-state index is 12.7. The SMILES string of the molecule is CCCNC(=O)c1nc(-c2ccc(S(=O)(=O)N3CCCCC3)cc2)no1. The van der Waals surface area contributed by atoms with E-state index >= 15 is 0 Å². The number of carbonyl (C=O) groups is 1. The van der Waals surface area contributed by atoms with E-state index in [0.29, 0.717) is 25.2 Å². The molecule has 140 valence electrons. The number of sulfonamides is 1. The largest absolute Gasteiger partial charge is 0.348 e. The number of amides is 1. The molecule has 0 unspecified atom stereocenters. The fourth-order valence-corrected chi connectivity index (χ4v) is 4.29. The van der Waals surface area contributed by atoms with Gasteiger partial charge in [-0.3, -0.25) is 4.79 Å². The smallest absolute Gasteiger partial charge is 0.316 e. The van der Waals surface area contributed by atoms with Crippen LogP contribution in [-0.2, 0) is 10.0 Å². The lowest BCUT2D eigenvalue weighted by atomic mass is 10.2. The third-order valence-electron chi connectivity index (χ3n) is 4.22. The Morgan fingerprint density at radius 3 is 2.54 bits per heavy atom. The van der Waals surface area contributed by atoms with Gasteiger partial charge in [0.1, 0.15) is 0 Å². The van der Waals surface area contributed by atoms with Crippen LogP contribution in [0.25, 0.3) is 11.4 Å². The molecule has 2 heterocycles. The van der Waals surface area contributed by atoms with E-state index < -0.39 is 15.9 Å². The fraction of sp³-hybridized carbons (Fsp3) is 0.471. The summed E-state index contributed by atoms with van der Waals surface area (Å²) in [5.41, 5.74) is 0.584. The van der Waals surface area contributed by atoms with Crippen LogP contribution in [0.2, 0.25) is 0 Å². The molecule has 2 aromatic rings. The van der Waals surface area contributed by atoms with Gasteiger partial charge in [0.05, 0.1) is 4.90 Å². The van der Waals surface area contributed by atoms with Crippen LogP contribution in [0.4, 0.5) is 0 Å². The lowest BCUT2D eigenvalue weighted by Gasteiger charge is -2.25. The molecule has 1 aliphatic heterocycles. The summed E-state index contributed by atoms with van der Waals surface area (Å²) in [5.74, 6) is -0.290. The first-order valence-corrected chi connectivity index (χ1v) is 10.2. The van der Waals surface area contributed by atoms with Gasteiger partial charge in [0.15, 0.2) is 0 Å². The monoisotopic (exact) mass is 378 g/mol. The Bertz CT molecular complexity index is 855. The van der Waals surface area contributed by atoms with Gasteiger partial charge in [-0.15, -0.1) is 0 Å². The molecule has 0 bridgehead atoms. The minimum Gasteiger partial charge on any atom is -0.348 e. The third kappa shape index (κ3) is 3.94. The van der Waals surface area contributed by atoms with Gasteiger partial charge in [-0.1, -0.05) is 18.5 Å². The molecular formula is C17H22N4O4S. The molecule has 1 aliphatic rings. The lowest BCUT2D eigenvalue weighted by molar-refractivity contribution is 0.0910. The van der Waals surface area contributed by atoms with Crippen LogP contribution in [-0.4, -0.2) is 48.4 Å². The molecule has 0 aliphatic carbocycles. The number of nitrogens with one attached hydrogen (secondary N) is 1. The predicted octanol–water partition coefficient (Wildman–Crippen LogP) is 2.05. The number of piperidine rings is 1. The van der Waals surface area contributed by atoms with Gasteiger partial charge >= 0.3 is 11.8 Å². The van der Waals surface area contributed by atoms with Crippen molar-refractivity contribution in [2.75, 3.05) is 19.6 Å². The van der Waals surface area contributed by atoms with Crippen molar-refractivity contribution in [3.8, 4) is 11.4 Å². The van der Waals surface area contributed by atoms with E-state index in [1.807, 2.05) is 6.92 Å². The van der Waals surface area contributed by atoms with E-state index in [4.69, 9.17) is 4.52 Å². The Morgan fingerprint density at radius 2 is 1.88 bits per heavy atom. The van der Waals surface area contributed by atoms with E-state index in [2.05, 4.69) is 15.5 Å². The van der Waals surface area contributed by atoms with Crippen molar-refractivity contribution >= 4 is 15.9 Å². The maximum Gasteiger partial charge on any atom is 0.316 e. The molecule has 3 rings (SSSR count). The molecule has 1 aromatic heterocycles. The first-order chi connectivity index (χ1) is 12.5. The second-order valence-electron chi connectivity index (χ2n) is 6.17. The molecule has 1 fully saturated rings. The van der Waals surface area contributed by atoms with Gasteiger partial charge in [0, 0.05) is 25.2 Å². The van der Waals surface area contributed by atoms with Gasteiger partial charge in [-0.2, -0.15) is 9.29 Å². The zero-order chi connectivity index (χ0) is 18.6. The highest BCUT2D eigenvalue weighted by Crippen LogP contribution is 2.23. The Balaban J connectivity index is 1.75. The molecule has 1 amide bonds. The van der Waals surface area contributed by atoms with Crippen molar-refractivity contribution in [3.63, 3.8) is 0 Å². The average Bonchev–Trinajstić information content (AvgIpc) is 3.17. The molecule has 0 saturated carbocycles. The van der Waals surface area contributed by atoms with Crippen molar-refractivity contribution < 1.29 is 17.7 Å². The Kier molecular flexibility index (Phi) is 5.67. The molecule has 26 heavy (non-hydrogen) atoms. The van der Waals surface area contributed by atoms with Crippen LogP contribution in [0.5, 0.6) is 0 Å². The molecule has 0 spiro atoms. The van der Waals surface area contributed by atoms with Crippen LogP contribution in [0.1, 0.15) is 43.3 Å². The first kappa shape index (κ1) is 18.5. The van der Waals surface area contributed by atoms with E-state index in [0.717, 1.165) is 25.7 Å². The van der Waals surface area contributed by atoms with Gasteiger partial charge in [-0.05, 0) is 43.5 Å². The predicted molar refractivity (Wildman–Crippen MR) is 95.0 cm³/mol. The second-order valence-corrected chi connectivity index (χ2v) is 8.11. The number of hydrogen-bond donors (Lipinski definition) is 1. The Labute approximate surface area is 152 Å². The molecular weight excluding hydrogens is 356 g/mol. The van der Waals surface area contributed by atoms with Crippen LogP contribution >= 0.6 is 0 Å². The molecule has 9 heteroatoms. The summed E-state index contributed by atoms with van der Waals surface area (Å²) in [6.45, 7) is 3.59. The van der Waals surface area contributed by atoms with Gasteiger partial charge in [-0.25, -0.2) is 8.42 Å². The van der Waals surface area contributed by atoms with Crippen molar-refractivity contribution in [1.82, 2.24) is 19.8 Å². The van der Waals surface area contributed by atoms with Crippen LogP contribution < -0.4 is 5.32 Å². The van der Waals surface area contributed by atoms with Crippen molar-refractivity contribution in [2.24, 2.45) is 0 Å². The number of carbonyl (C=O) groups excluding carboxylic acids is 1. The number of aromatic nitrogens is 2. The lowest BCUT2D eigenvalue weighted by Crippen LogP contribution is -2.35. The maximum absolute atomic E-state index is 12.7. The fourth-order valence-electron chi connectivity index (χ4n) is 2.78. The zero-order valence-corrected chi connectivity index (χ0v) is 15.5. The van der Waals surface area contributed by atoms with Gasteiger partial charge in [0.25, 0.3) is 0 Å². The molecule has 8 nitrogen and oxygen atoms in total. The highest BCUT2D eigenvalue weighted by atomic mass is 32.2.